The van der Waals surface area contributed by atoms with Crippen LogP contribution in [0.25, 0.3) is 11.0 Å². The summed E-state index contributed by atoms with van der Waals surface area (Å²) in [4.78, 5) is 26.2. The maximum atomic E-state index is 12.6. The van der Waals surface area contributed by atoms with Crippen LogP contribution in [0.3, 0.4) is 0 Å². The normalized spacial score (nSPS) is 25.9. The Hall–Kier alpha value is -2.29. The Morgan fingerprint density at radius 2 is 2.03 bits per heavy atom. The van der Waals surface area contributed by atoms with E-state index in [2.05, 4.69) is 44.5 Å². The summed E-state index contributed by atoms with van der Waals surface area (Å²) in [6.07, 6.45) is 2.46. The van der Waals surface area contributed by atoms with Gasteiger partial charge in [0, 0.05) is 38.8 Å². The van der Waals surface area contributed by atoms with Crippen LogP contribution in [-0.4, -0.2) is 91.2 Å². The second kappa shape index (κ2) is 9.02. The van der Waals surface area contributed by atoms with Crippen molar-refractivity contribution in [1.82, 2.24) is 25.1 Å². The van der Waals surface area contributed by atoms with E-state index >= 15 is 0 Å². The number of nitrogens with zero attached hydrogens (tertiary/aromatic N) is 4. The lowest BCUT2D eigenvalue weighted by atomic mass is 10.0. The number of hydrogen-bond donors (Lipinski definition) is 2. The largest absolute Gasteiger partial charge is 0.376 e. The molecule has 1 aromatic carbocycles. The highest BCUT2D eigenvalue weighted by Crippen LogP contribution is 2.21. The Morgan fingerprint density at radius 1 is 1.21 bits per heavy atom. The molecule has 0 radical (unpaired) electrons. The van der Waals surface area contributed by atoms with Crippen molar-refractivity contribution in [1.29, 1.82) is 0 Å². The first-order valence-electron chi connectivity index (χ1n) is 10.3. The van der Waals surface area contributed by atoms with E-state index in [1.807, 2.05) is 24.3 Å². The number of para-hydroxylation sites is 2. The number of anilines is 1. The average Bonchev–Trinajstić information content (AvgIpc) is 3.22. The van der Waals surface area contributed by atoms with E-state index in [-0.39, 0.29) is 17.9 Å². The van der Waals surface area contributed by atoms with Gasteiger partial charge in [-0.3, -0.25) is 14.7 Å². The minimum atomic E-state index is -0.0869. The molecule has 29 heavy (non-hydrogen) atoms. The highest BCUT2D eigenvalue weighted by molar-refractivity contribution is 5.79. The average molecular weight is 399 g/mol. The van der Waals surface area contributed by atoms with Crippen LogP contribution in [0.2, 0.25) is 0 Å². The number of benzene rings is 1. The minimum Gasteiger partial charge on any atom is -0.376 e. The van der Waals surface area contributed by atoms with E-state index < -0.39 is 0 Å². The first-order chi connectivity index (χ1) is 14.1. The number of amides is 1. The molecule has 8 heteroatoms. The molecule has 1 unspecified atom stereocenters. The van der Waals surface area contributed by atoms with Gasteiger partial charge in [0.1, 0.15) is 5.82 Å². The lowest BCUT2D eigenvalue weighted by molar-refractivity contribution is -0.125. The molecule has 2 aliphatic rings. The zero-order chi connectivity index (χ0) is 20.2. The maximum Gasteiger partial charge on any atom is 0.225 e. The molecule has 8 nitrogen and oxygen atoms in total. The smallest absolute Gasteiger partial charge is 0.225 e. The molecule has 0 spiro atoms. The van der Waals surface area contributed by atoms with E-state index in [0.717, 1.165) is 42.9 Å². The lowest BCUT2D eigenvalue weighted by Crippen LogP contribution is -2.54. The molecule has 1 amide bonds. The molecule has 2 aromatic rings. The number of carbonyl (C=O) groups is 1. The molecule has 2 saturated heterocycles. The van der Waals surface area contributed by atoms with Crippen LogP contribution in [0.15, 0.2) is 30.5 Å². The van der Waals surface area contributed by atoms with Crippen molar-refractivity contribution in [2.45, 2.75) is 18.6 Å². The molecule has 2 fully saturated rings. The molecule has 0 saturated carbocycles. The monoisotopic (exact) mass is 398 g/mol. The van der Waals surface area contributed by atoms with E-state index in [9.17, 15) is 4.79 Å². The van der Waals surface area contributed by atoms with Crippen molar-refractivity contribution >= 4 is 22.8 Å². The van der Waals surface area contributed by atoms with Gasteiger partial charge in [-0.25, -0.2) is 4.98 Å². The number of nitrogens with one attached hydrogen (secondary N) is 2. The predicted molar refractivity (Wildman–Crippen MR) is 113 cm³/mol. The van der Waals surface area contributed by atoms with Crippen LogP contribution in [-0.2, 0) is 9.53 Å². The summed E-state index contributed by atoms with van der Waals surface area (Å²) in [5, 5.41) is 6.42. The van der Waals surface area contributed by atoms with E-state index in [1.165, 1.54) is 0 Å². The number of aromatic nitrogens is 2. The Bertz CT molecular complexity index is 847. The fraction of sp³-hybridized carbons (Fsp3) is 0.571. The minimum absolute atomic E-state index is 0.00232. The summed E-state index contributed by atoms with van der Waals surface area (Å²) in [6.45, 7) is 4.88. The maximum absolute atomic E-state index is 12.6. The number of hydrogen-bond acceptors (Lipinski definition) is 7. The molecule has 156 valence electrons. The fourth-order valence-electron chi connectivity index (χ4n) is 3.98. The van der Waals surface area contributed by atoms with Crippen molar-refractivity contribution in [3.05, 3.63) is 30.5 Å². The fourth-order valence-corrected chi connectivity index (χ4v) is 3.98. The van der Waals surface area contributed by atoms with Gasteiger partial charge in [-0.15, -0.1) is 0 Å². The van der Waals surface area contributed by atoms with Gasteiger partial charge in [0.2, 0.25) is 5.91 Å². The highest BCUT2D eigenvalue weighted by atomic mass is 16.5. The Morgan fingerprint density at radius 3 is 2.90 bits per heavy atom. The van der Waals surface area contributed by atoms with Crippen LogP contribution in [0, 0.1) is 5.92 Å². The number of ether oxygens (including phenoxy) is 1. The van der Waals surface area contributed by atoms with Crippen LogP contribution >= 0.6 is 0 Å². The Balaban J connectivity index is 1.22. The highest BCUT2D eigenvalue weighted by Gasteiger charge is 2.31. The van der Waals surface area contributed by atoms with Crippen LogP contribution < -0.4 is 10.6 Å². The van der Waals surface area contributed by atoms with Crippen molar-refractivity contribution in [3.8, 4) is 0 Å². The standard InChI is InChI=1S/C21H30N6O2/c1-26-7-8-27(2)16(13-26)10-24-21(28)15-9-17(29-14-15)11-23-20-12-22-18-5-3-4-6-19(18)25-20/h3-6,12,15-17H,7-11,13-14H2,1-2H3,(H,23,25)(H,24,28)/t15-,16?,17-/m0/s1. The molecular weight excluding hydrogens is 368 g/mol. The second-order valence-electron chi connectivity index (χ2n) is 8.15. The molecule has 0 bridgehead atoms. The molecular formula is C21H30N6O2. The number of likely N-dealkylation sites (N-methyl/N-ethyl adjacent to an activating group) is 2. The summed E-state index contributed by atoms with van der Waals surface area (Å²) in [6, 6.07) is 8.16. The molecule has 0 aliphatic carbocycles. The van der Waals surface area contributed by atoms with Crippen molar-refractivity contribution in [3.63, 3.8) is 0 Å². The van der Waals surface area contributed by atoms with Crippen LogP contribution in [0.4, 0.5) is 5.82 Å². The summed E-state index contributed by atoms with van der Waals surface area (Å²) < 4.78 is 5.84. The number of fused-ring (bicyclic) bond motifs is 1. The summed E-state index contributed by atoms with van der Waals surface area (Å²) in [5.74, 6) is 0.736. The van der Waals surface area contributed by atoms with E-state index in [4.69, 9.17) is 4.74 Å². The first-order valence-corrected chi connectivity index (χ1v) is 10.3. The van der Waals surface area contributed by atoms with Gasteiger partial charge in [0.25, 0.3) is 0 Å². The first kappa shape index (κ1) is 20.0. The van der Waals surface area contributed by atoms with E-state index in [1.54, 1.807) is 6.20 Å². The van der Waals surface area contributed by atoms with Gasteiger partial charge in [0.15, 0.2) is 0 Å². The second-order valence-corrected chi connectivity index (χ2v) is 8.15. The van der Waals surface area contributed by atoms with Gasteiger partial charge in [-0.05, 0) is 32.6 Å². The number of carbonyl (C=O) groups excluding carboxylic acids is 1. The summed E-state index contributed by atoms with van der Waals surface area (Å²) in [7, 11) is 4.25. The van der Waals surface area contributed by atoms with Crippen molar-refractivity contribution in [2.24, 2.45) is 5.92 Å². The van der Waals surface area contributed by atoms with Gasteiger partial charge in [-0.1, -0.05) is 12.1 Å². The third-order valence-electron chi connectivity index (χ3n) is 5.90. The third-order valence-corrected chi connectivity index (χ3v) is 5.90. The number of rotatable bonds is 6. The lowest BCUT2D eigenvalue weighted by Gasteiger charge is -2.37. The van der Waals surface area contributed by atoms with Gasteiger partial charge >= 0.3 is 0 Å². The summed E-state index contributed by atoms with van der Waals surface area (Å²) in [5.41, 5.74) is 1.74. The topological polar surface area (TPSA) is 82.6 Å². The zero-order valence-corrected chi connectivity index (χ0v) is 17.2. The third kappa shape index (κ3) is 5.01. The zero-order valence-electron chi connectivity index (χ0n) is 17.2. The SMILES string of the molecule is CN1CCN(C)C(CNC(=O)[C@@H]2CO[C@H](CNc3cnc4ccccc4n3)C2)C1. The van der Waals surface area contributed by atoms with Crippen molar-refractivity contribution < 1.29 is 9.53 Å². The van der Waals surface area contributed by atoms with Crippen LogP contribution in [0.1, 0.15) is 6.42 Å². The molecule has 1 aromatic heterocycles. The van der Waals surface area contributed by atoms with Gasteiger partial charge in [0.05, 0.1) is 35.9 Å². The summed E-state index contributed by atoms with van der Waals surface area (Å²) >= 11 is 0. The molecule has 2 N–H and O–H groups in total. The Kier molecular flexibility index (Phi) is 6.22. The number of piperazine rings is 1. The van der Waals surface area contributed by atoms with E-state index in [0.29, 0.717) is 25.7 Å². The molecule has 4 rings (SSSR count). The molecule has 3 heterocycles. The molecule has 2 aliphatic heterocycles. The van der Waals surface area contributed by atoms with Gasteiger partial charge < -0.3 is 20.3 Å². The molecule has 3 atom stereocenters. The van der Waals surface area contributed by atoms with Crippen LogP contribution in [0.5, 0.6) is 0 Å². The quantitative estimate of drug-likeness (QED) is 0.745. The predicted octanol–water partition coefficient (Wildman–Crippen LogP) is 0.809. The van der Waals surface area contributed by atoms with Crippen molar-refractivity contribution in [2.75, 3.05) is 58.7 Å². The Labute approximate surface area is 171 Å². The van der Waals surface area contributed by atoms with Gasteiger partial charge in [-0.2, -0.15) is 0 Å².